The second-order valence-corrected chi connectivity index (χ2v) is 5.86. The number of rotatable bonds is 4. The predicted molar refractivity (Wildman–Crippen MR) is 76.2 cm³/mol. The number of hydrogen-bond acceptors (Lipinski definition) is 4. The summed E-state index contributed by atoms with van der Waals surface area (Å²) in [6.45, 7) is 1.56. The van der Waals surface area contributed by atoms with Crippen molar-refractivity contribution < 1.29 is 12.8 Å². The van der Waals surface area contributed by atoms with E-state index in [9.17, 15) is 12.8 Å². The zero-order chi connectivity index (χ0) is 14.8. The molecule has 0 unspecified atom stereocenters. The third-order valence-corrected chi connectivity index (χ3v) is 4.18. The molecule has 4 N–H and O–H groups in total. The molecular formula is C13H14FN3O2S. The lowest BCUT2D eigenvalue weighted by Gasteiger charge is -2.12. The molecule has 0 bridgehead atoms. The number of para-hydroxylation sites is 1. The van der Waals surface area contributed by atoms with E-state index in [1.54, 1.807) is 25.1 Å². The van der Waals surface area contributed by atoms with Gasteiger partial charge in [0.25, 0.3) is 10.0 Å². The predicted octanol–water partition coefficient (Wildman–Crippen LogP) is 2.22. The quantitative estimate of drug-likeness (QED) is 0.596. The highest BCUT2D eigenvalue weighted by Gasteiger charge is 2.18. The van der Waals surface area contributed by atoms with Crippen LogP contribution in [0.1, 0.15) is 5.56 Å². The van der Waals surface area contributed by atoms with Crippen LogP contribution in [0.4, 0.5) is 15.8 Å². The fourth-order valence-corrected chi connectivity index (χ4v) is 2.96. The Morgan fingerprint density at radius 2 is 1.85 bits per heavy atom. The Balaban J connectivity index is 2.38. The molecule has 2 aromatic carbocycles. The molecule has 106 valence electrons. The average molecular weight is 295 g/mol. The number of benzene rings is 2. The first-order valence-electron chi connectivity index (χ1n) is 5.78. The van der Waals surface area contributed by atoms with Gasteiger partial charge in [-0.3, -0.25) is 10.6 Å². The van der Waals surface area contributed by atoms with Crippen LogP contribution in [0.15, 0.2) is 47.4 Å². The molecule has 0 heterocycles. The van der Waals surface area contributed by atoms with E-state index in [2.05, 4.69) is 10.1 Å². The molecular weight excluding hydrogens is 281 g/mol. The van der Waals surface area contributed by atoms with Crippen molar-refractivity contribution in [3.05, 3.63) is 53.8 Å². The monoisotopic (exact) mass is 295 g/mol. The summed E-state index contributed by atoms with van der Waals surface area (Å²) in [6.07, 6.45) is 0. The first-order valence-corrected chi connectivity index (χ1v) is 7.27. The smallest absolute Gasteiger partial charge is 0.264 e. The van der Waals surface area contributed by atoms with E-state index in [0.717, 1.165) is 0 Å². The molecule has 0 aromatic heterocycles. The van der Waals surface area contributed by atoms with Crippen LogP contribution in [-0.4, -0.2) is 8.42 Å². The van der Waals surface area contributed by atoms with Crippen molar-refractivity contribution in [1.82, 2.24) is 0 Å². The van der Waals surface area contributed by atoms with Crippen LogP contribution in [0, 0.1) is 12.7 Å². The van der Waals surface area contributed by atoms with Crippen LogP contribution in [0.2, 0.25) is 0 Å². The van der Waals surface area contributed by atoms with Gasteiger partial charge in [0.15, 0.2) is 0 Å². The summed E-state index contributed by atoms with van der Waals surface area (Å²) in [5.74, 6) is 4.90. The Morgan fingerprint density at radius 1 is 1.15 bits per heavy atom. The van der Waals surface area contributed by atoms with Crippen molar-refractivity contribution in [2.75, 3.05) is 10.1 Å². The Kier molecular flexibility index (Phi) is 3.91. The van der Waals surface area contributed by atoms with Crippen LogP contribution in [0.25, 0.3) is 0 Å². The van der Waals surface area contributed by atoms with E-state index in [-0.39, 0.29) is 16.3 Å². The van der Waals surface area contributed by atoms with E-state index < -0.39 is 15.8 Å². The second kappa shape index (κ2) is 5.48. The summed E-state index contributed by atoms with van der Waals surface area (Å²) in [4.78, 5) is 0.0180. The molecule has 0 radical (unpaired) electrons. The van der Waals surface area contributed by atoms with Crippen molar-refractivity contribution in [1.29, 1.82) is 0 Å². The molecule has 0 fully saturated rings. The van der Waals surface area contributed by atoms with Gasteiger partial charge < -0.3 is 5.43 Å². The van der Waals surface area contributed by atoms with Crippen molar-refractivity contribution in [3.63, 3.8) is 0 Å². The first kappa shape index (κ1) is 14.3. The Morgan fingerprint density at radius 3 is 2.50 bits per heavy atom. The van der Waals surface area contributed by atoms with Gasteiger partial charge in [-0.25, -0.2) is 12.8 Å². The fourth-order valence-electron chi connectivity index (χ4n) is 1.74. The van der Waals surface area contributed by atoms with Crippen LogP contribution in [0.3, 0.4) is 0 Å². The van der Waals surface area contributed by atoms with Gasteiger partial charge >= 0.3 is 0 Å². The summed E-state index contributed by atoms with van der Waals surface area (Å²) < 4.78 is 40.1. The molecule has 0 spiro atoms. The van der Waals surface area contributed by atoms with E-state index in [0.29, 0.717) is 5.56 Å². The number of nitrogen functional groups attached to an aromatic ring is 1. The zero-order valence-corrected chi connectivity index (χ0v) is 11.5. The van der Waals surface area contributed by atoms with Gasteiger partial charge in [-0.2, -0.15) is 0 Å². The largest absolute Gasteiger partial charge is 0.323 e. The number of aryl methyl sites for hydroxylation is 1. The molecule has 0 atom stereocenters. The zero-order valence-electron chi connectivity index (χ0n) is 10.7. The summed E-state index contributed by atoms with van der Waals surface area (Å²) in [5.41, 5.74) is 3.25. The highest BCUT2D eigenvalue weighted by atomic mass is 32.2. The third kappa shape index (κ3) is 2.89. The number of sulfonamides is 1. The summed E-state index contributed by atoms with van der Waals surface area (Å²) >= 11 is 0. The highest BCUT2D eigenvalue weighted by molar-refractivity contribution is 7.92. The van der Waals surface area contributed by atoms with Crippen molar-refractivity contribution in [2.45, 2.75) is 11.8 Å². The number of nitrogens with one attached hydrogen (secondary N) is 2. The van der Waals surface area contributed by atoms with Crippen LogP contribution >= 0.6 is 0 Å². The van der Waals surface area contributed by atoms with E-state index in [1.807, 2.05) is 0 Å². The van der Waals surface area contributed by atoms with Crippen LogP contribution < -0.4 is 16.0 Å². The van der Waals surface area contributed by atoms with E-state index >= 15 is 0 Å². The lowest BCUT2D eigenvalue weighted by atomic mass is 10.2. The summed E-state index contributed by atoms with van der Waals surface area (Å²) in [7, 11) is -3.80. The topological polar surface area (TPSA) is 84.2 Å². The second-order valence-electron chi connectivity index (χ2n) is 4.21. The van der Waals surface area contributed by atoms with Gasteiger partial charge in [-0.1, -0.05) is 12.1 Å². The van der Waals surface area contributed by atoms with Gasteiger partial charge in [0.05, 0.1) is 5.69 Å². The van der Waals surface area contributed by atoms with Gasteiger partial charge in [0.2, 0.25) is 0 Å². The van der Waals surface area contributed by atoms with Gasteiger partial charge in [0.1, 0.15) is 10.7 Å². The highest BCUT2D eigenvalue weighted by Crippen LogP contribution is 2.23. The van der Waals surface area contributed by atoms with E-state index in [1.165, 1.54) is 24.3 Å². The number of anilines is 2. The minimum Gasteiger partial charge on any atom is -0.323 e. The summed E-state index contributed by atoms with van der Waals surface area (Å²) in [6, 6.07) is 10.2. The molecule has 7 heteroatoms. The minimum absolute atomic E-state index is 0.0180. The van der Waals surface area contributed by atoms with E-state index in [4.69, 9.17) is 5.84 Å². The Labute approximate surface area is 116 Å². The van der Waals surface area contributed by atoms with Gasteiger partial charge in [-0.05, 0) is 42.8 Å². The average Bonchev–Trinajstić information content (AvgIpc) is 2.42. The molecule has 2 aromatic rings. The van der Waals surface area contributed by atoms with Crippen LogP contribution in [-0.2, 0) is 10.0 Å². The Hall–Kier alpha value is -2.12. The number of hydrogen-bond donors (Lipinski definition) is 3. The van der Waals surface area contributed by atoms with Gasteiger partial charge in [-0.15, -0.1) is 0 Å². The molecule has 0 aliphatic heterocycles. The van der Waals surface area contributed by atoms with Crippen LogP contribution in [0.5, 0.6) is 0 Å². The first-order chi connectivity index (χ1) is 9.44. The lowest BCUT2D eigenvalue weighted by Crippen LogP contribution is -2.17. The molecule has 5 nitrogen and oxygen atoms in total. The number of halogens is 1. The van der Waals surface area contributed by atoms with Crippen molar-refractivity contribution in [3.8, 4) is 0 Å². The Bertz CT molecular complexity index is 732. The lowest BCUT2D eigenvalue weighted by molar-refractivity contribution is 0.601. The molecule has 0 amide bonds. The number of nitrogens with two attached hydrogens (primary N) is 1. The maximum Gasteiger partial charge on any atom is 0.264 e. The fraction of sp³-hybridized carbons (Fsp3) is 0.0769. The van der Waals surface area contributed by atoms with Gasteiger partial charge in [0, 0.05) is 5.69 Å². The van der Waals surface area contributed by atoms with Crippen molar-refractivity contribution >= 4 is 21.4 Å². The molecule has 0 aliphatic rings. The maximum atomic E-state index is 13.2. The maximum absolute atomic E-state index is 13.2. The summed E-state index contributed by atoms with van der Waals surface area (Å²) in [5, 5.41) is 0. The molecule has 20 heavy (non-hydrogen) atoms. The molecule has 0 aliphatic carbocycles. The molecule has 0 saturated carbocycles. The molecule has 0 saturated heterocycles. The minimum atomic E-state index is -3.80. The SMILES string of the molecule is Cc1cc(NS(=O)(=O)c2ccccc2NN)ccc1F. The normalized spacial score (nSPS) is 11.2. The van der Waals surface area contributed by atoms with Crippen molar-refractivity contribution in [2.24, 2.45) is 5.84 Å². The molecule has 2 rings (SSSR count). The number of hydrazine groups is 1. The standard InChI is InChI=1S/C13H14FN3O2S/c1-9-8-10(6-7-11(9)14)17-20(18,19)13-5-3-2-4-12(13)16-15/h2-8,16-17H,15H2,1H3. The third-order valence-electron chi connectivity index (χ3n) is 2.74.